The molecule has 0 saturated carbocycles. The molecule has 0 saturated heterocycles. The van der Waals surface area contributed by atoms with Crippen LogP contribution in [0.25, 0.3) is 0 Å². The number of phenols is 1. The molecule has 3 nitrogen and oxygen atoms in total. The summed E-state index contributed by atoms with van der Waals surface area (Å²) in [7, 11) is 0. The topological polar surface area (TPSA) is 49.7 Å². The lowest BCUT2D eigenvalue weighted by molar-refractivity contribution is 0.252. The smallest absolute Gasteiger partial charge is 0.123 e. The van der Waals surface area contributed by atoms with E-state index in [0.717, 1.165) is 18.4 Å². The number of benzene rings is 1. The Morgan fingerprint density at radius 2 is 2.00 bits per heavy atom. The molecule has 0 spiro atoms. The maximum absolute atomic E-state index is 9.28. The van der Waals surface area contributed by atoms with Crippen LogP contribution >= 0.6 is 0 Å². The van der Waals surface area contributed by atoms with Gasteiger partial charge in [-0.3, -0.25) is 0 Å². The van der Waals surface area contributed by atoms with E-state index in [0.29, 0.717) is 12.4 Å². The maximum atomic E-state index is 9.28. The first-order chi connectivity index (χ1) is 6.72. The van der Waals surface area contributed by atoms with Crippen LogP contribution in [0.4, 0.5) is 0 Å². The number of ether oxygens (including phenoxy) is 1. The van der Waals surface area contributed by atoms with Gasteiger partial charge in [0.25, 0.3) is 0 Å². The van der Waals surface area contributed by atoms with E-state index in [9.17, 15) is 5.11 Å². The maximum Gasteiger partial charge on any atom is 0.123 e. The Bertz CT molecular complexity index is 264. The lowest BCUT2D eigenvalue weighted by atomic mass is 10.2. The first-order valence-electron chi connectivity index (χ1n) is 4.76. The van der Waals surface area contributed by atoms with Crippen molar-refractivity contribution < 1.29 is 14.9 Å². The van der Waals surface area contributed by atoms with E-state index in [2.05, 4.69) is 0 Å². The van der Waals surface area contributed by atoms with Gasteiger partial charge in [-0.05, 0) is 37.5 Å². The number of unbranched alkanes of at least 4 members (excludes halogenated alkanes) is 1. The molecule has 1 aromatic rings. The van der Waals surface area contributed by atoms with Crippen molar-refractivity contribution in [1.29, 1.82) is 0 Å². The number of hydrogen-bond acceptors (Lipinski definition) is 3. The molecule has 14 heavy (non-hydrogen) atoms. The summed E-state index contributed by atoms with van der Waals surface area (Å²) in [6, 6.07) is 5.14. The van der Waals surface area contributed by atoms with Crippen LogP contribution in [0.5, 0.6) is 11.5 Å². The van der Waals surface area contributed by atoms with Crippen LogP contribution in [0.1, 0.15) is 18.4 Å². The summed E-state index contributed by atoms with van der Waals surface area (Å²) >= 11 is 0. The molecular formula is C11H16O3. The van der Waals surface area contributed by atoms with Gasteiger partial charge in [0, 0.05) is 12.7 Å². The zero-order valence-corrected chi connectivity index (χ0v) is 8.36. The fourth-order valence-electron chi connectivity index (χ4n) is 1.22. The van der Waals surface area contributed by atoms with Crippen LogP contribution in [-0.4, -0.2) is 23.4 Å². The third-order valence-electron chi connectivity index (χ3n) is 1.86. The second kappa shape index (κ2) is 5.50. The molecule has 1 aromatic carbocycles. The van der Waals surface area contributed by atoms with Gasteiger partial charge in [0.15, 0.2) is 0 Å². The minimum absolute atomic E-state index is 0.197. The summed E-state index contributed by atoms with van der Waals surface area (Å²) in [4.78, 5) is 0. The molecule has 0 atom stereocenters. The van der Waals surface area contributed by atoms with Crippen molar-refractivity contribution in [3.63, 3.8) is 0 Å². The van der Waals surface area contributed by atoms with Crippen LogP contribution in [-0.2, 0) is 0 Å². The Labute approximate surface area is 84.0 Å². The lowest BCUT2D eigenvalue weighted by Crippen LogP contribution is -1.98. The van der Waals surface area contributed by atoms with Gasteiger partial charge in [-0.25, -0.2) is 0 Å². The zero-order valence-electron chi connectivity index (χ0n) is 8.36. The first-order valence-corrected chi connectivity index (χ1v) is 4.76. The molecule has 2 N–H and O–H groups in total. The number of rotatable bonds is 5. The molecule has 3 heteroatoms. The van der Waals surface area contributed by atoms with Crippen molar-refractivity contribution in [3.8, 4) is 11.5 Å². The van der Waals surface area contributed by atoms with Gasteiger partial charge in [-0.1, -0.05) is 0 Å². The number of aromatic hydroxyl groups is 1. The van der Waals surface area contributed by atoms with E-state index in [1.54, 1.807) is 12.1 Å². The summed E-state index contributed by atoms with van der Waals surface area (Å²) < 4.78 is 5.40. The average molecular weight is 196 g/mol. The SMILES string of the molecule is Cc1cc(O)cc(OCCCCO)c1. The Hall–Kier alpha value is -1.22. The van der Waals surface area contributed by atoms with Crippen LogP contribution < -0.4 is 4.74 Å². The third-order valence-corrected chi connectivity index (χ3v) is 1.86. The molecule has 78 valence electrons. The lowest BCUT2D eigenvalue weighted by Gasteiger charge is -2.06. The standard InChI is InChI=1S/C11H16O3/c1-9-6-10(13)8-11(7-9)14-5-3-2-4-12/h6-8,12-13H,2-5H2,1H3. The summed E-state index contributed by atoms with van der Waals surface area (Å²) in [5.74, 6) is 0.905. The van der Waals surface area contributed by atoms with Gasteiger partial charge in [0.2, 0.25) is 0 Å². The number of aliphatic hydroxyl groups is 1. The Morgan fingerprint density at radius 1 is 1.21 bits per heavy atom. The predicted molar refractivity (Wildman–Crippen MR) is 54.7 cm³/mol. The second-order valence-electron chi connectivity index (χ2n) is 3.28. The first kappa shape index (κ1) is 10.9. The number of aliphatic hydroxyl groups excluding tert-OH is 1. The summed E-state index contributed by atoms with van der Waals surface area (Å²) in [6.07, 6.45) is 1.57. The largest absolute Gasteiger partial charge is 0.508 e. The van der Waals surface area contributed by atoms with Crippen LogP contribution in [0.2, 0.25) is 0 Å². The van der Waals surface area contributed by atoms with Crippen LogP contribution in [0.3, 0.4) is 0 Å². The van der Waals surface area contributed by atoms with Gasteiger partial charge in [0.05, 0.1) is 6.61 Å². The van der Waals surface area contributed by atoms with E-state index in [4.69, 9.17) is 9.84 Å². The minimum atomic E-state index is 0.197. The van der Waals surface area contributed by atoms with Crippen LogP contribution in [0, 0.1) is 6.92 Å². The number of hydrogen-bond donors (Lipinski definition) is 2. The predicted octanol–water partition coefficient (Wildman–Crippen LogP) is 1.85. The van der Waals surface area contributed by atoms with Crippen molar-refractivity contribution >= 4 is 0 Å². The fraction of sp³-hybridized carbons (Fsp3) is 0.455. The molecule has 0 aromatic heterocycles. The monoisotopic (exact) mass is 196 g/mol. The second-order valence-corrected chi connectivity index (χ2v) is 3.28. The highest BCUT2D eigenvalue weighted by atomic mass is 16.5. The molecule has 0 bridgehead atoms. The van der Waals surface area contributed by atoms with Crippen molar-refractivity contribution in [3.05, 3.63) is 23.8 Å². The summed E-state index contributed by atoms with van der Waals surface area (Å²) in [5.41, 5.74) is 0.974. The highest BCUT2D eigenvalue weighted by molar-refractivity contribution is 5.36. The van der Waals surface area contributed by atoms with E-state index in [1.165, 1.54) is 0 Å². The molecule has 0 fully saturated rings. The van der Waals surface area contributed by atoms with Gasteiger partial charge < -0.3 is 14.9 Å². The van der Waals surface area contributed by atoms with E-state index < -0.39 is 0 Å². The zero-order chi connectivity index (χ0) is 10.4. The Kier molecular flexibility index (Phi) is 4.26. The van der Waals surface area contributed by atoms with Crippen molar-refractivity contribution in [2.45, 2.75) is 19.8 Å². The van der Waals surface area contributed by atoms with Gasteiger partial charge >= 0.3 is 0 Å². The number of phenolic OH excluding ortho intramolecular Hbond substituents is 1. The van der Waals surface area contributed by atoms with Crippen LogP contribution in [0.15, 0.2) is 18.2 Å². The molecule has 0 unspecified atom stereocenters. The summed E-state index contributed by atoms with van der Waals surface area (Å²) in [6.45, 7) is 2.67. The number of aryl methyl sites for hydroxylation is 1. The molecule has 1 rings (SSSR count). The van der Waals surface area contributed by atoms with Gasteiger partial charge in [-0.2, -0.15) is 0 Å². The third kappa shape index (κ3) is 3.66. The Balaban J connectivity index is 2.42. The minimum Gasteiger partial charge on any atom is -0.508 e. The van der Waals surface area contributed by atoms with E-state index in [-0.39, 0.29) is 12.4 Å². The van der Waals surface area contributed by atoms with Crippen molar-refractivity contribution in [2.24, 2.45) is 0 Å². The molecule has 0 aliphatic rings. The van der Waals surface area contributed by atoms with Crippen molar-refractivity contribution in [2.75, 3.05) is 13.2 Å². The molecular weight excluding hydrogens is 180 g/mol. The van der Waals surface area contributed by atoms with E-state index >= 15 is 0 Å². The fourth-order valence-corrected chi connectivity index (χ4v) is 1.22. The normalized spacial score (nSPS) is 10.1. The highest BCUT2D eigenvalue weighted by Crippen LogP contribution is 2.21. The molecule has 0 aliphatic heterocycles. The highest BCUT2D eigenvalue weighted by Gasteiger charge is 1.97. The quantitative estimate of drug-likeness (QED) is 0.706. The molecule has 0 radical (unpaired) electrons. The molecule has 0 aliphatic carbocycles. The van der Waals surface area contributed by atoms with Gasteiger partial charge in [0.1, 0.15) is 11.5 Å². The van der Waals surface area contributed by atoms with Crippen molar-refractivity contribution in [1.82, 2.24) is 0 Å². The van der Waals surface area contributed by atoms with E-state index in [1.807, 2.05) is 13.0 Å². The summed E-state index contributed by atoms with van der Waals surface area (Å²) in [5, 5.41) is 17.8. The molecule has 0 heterocycles. The Morgan fingerprint density at radius 3 is 2.64 bits per heavy atom. The van der Waals surface area contributed by atoms with Gasteiger partial charge in [-0.15, -0.1) is 0 Å². The average Bonchev–Trinajstić information content (AvgIpc) is 2.11. The molecule has 0 amide bonds.